The summed E-state index contributed by atoms with van der Waals surface area (Å²) in [6.45, 7) is 3.89. The van der Waals surface area contributed by atoms with Gasteiger partial charge in [-0.1, -0.05) is 0 Å². The van der Waals surface area contributed by atoms with Gasteiger partial charge in [-0.05, 0) is 45.3 Å². The highest BCUT2D eigenvalue weighted by Crippen LogP contribution is 2.29. The van der Waals surface area contributed by atoms with Crippen molar-refractivity contribution in [2.45, 2.75) is 31.4 Å². The van der Waals surface area contributed by atoms with Crippen molar-refractivity contribution < 1.29 is 10.2 Å². The summed E-state index contributed by atoms with van der Waals surface area (Å²) < 4.78 is 0. The van der Waals surface area contributed by atoms with E-state index < -0.39 is 6.10 Å². The van der Waals surface area contributed by atoms with Gasteiger partial charge in [0, 0.05) is 19.1 Å². The van der Waals surface area contributed by atoms with Gasteiger partial charge in [0.15, 0.2) is 0 Å². The van der Waals surface area contributed by atoms with Crippen LogP contribution >= 0.6 is 0 Å². The molecule has 0 saturated carbocycles. The van der Waals surface area contributed by atoms with Crippen molar-refractivity contribution >= 4 is 0 Å². The van der Waals surface area contributed by atoms with Gasteiger partial charge in [-0.3, -0.25) is 0 Å². The van der Waals surface area contributed by atoms with Gasteiger partial charge in [0.05, 0.1) is 12.7 Å². The van der Waals surface area contributed by atoms with Crippen molar-refractivity contribution in [1.82, 2.24) is 9.80 Å². The van der Waals surface area contributed by atoms with Crippen molar-refractivity contribution in [1.29, 1.82) is 0 Å². The normalized spacial score (nSPS) is 34.7. The molecule has 2 saturated heterocycles. The molecule has 2 N–H and O–H groups in total. The zero-order chi connectivity index (χ0) is 11.5. The Labute approximate surface area is 97.9 Å². The van der Waals surface area contributed by atoms with Crippen LogP contribution in [0.4, 0.5) is 0 Å². The van der Waals surface area contributed by atoms with E-state index in [9.17, 15) is 5.11 Å². The summed E-state index contributed by atoms with van der Waals surface area (Å²) in [5.41, 5.74) is 0. The second-order valence-corrected chi connectivity index (χ2v) is 5.33. The molecule has 2 fully saturated rings. The topological polar surface area (TPSA) is 46.9 Å². The maximum atomic E-state index is 9.46. The van der Waals surface area contributed by atoms with Gasteiger partial charge in [0.1, 0.15) is 0 Å². The van der Waals surface area contributed by atoms with Crippen LogP contribution in [0, 0.1) is 5.92 Å². The molecule has 0 bridgehead atoms. The Morgan fingerprint density at radius 1 is 1.31 bits per heavy atom. The molecule has 0 amide bonds. The number of fused-ring (bicyclic) bond motifs is 1. The first kappa shape index (κ1) is 12.3. The predicted octanol–water partition coefficient (Wildman–Crippen LogP) is -0.244. The van der Waals surface area contributed by atoms with E-state index in [1.165, 1.54) is 25.8 Å². The van der Waals surface area contributed by atoms with Crippen LogP contribution in [-0.2, 0) is 0 Å². The average molecular weight is 228 g/mol. The van der Waals surface area contributed by atoms with Gasteiger partial charge in [0.2, 0.25) is 0 Å². The molecule has 3 atom stereocenters. The van der Waals surface area contributed by atoms with E-state index >= 15 is 0 Å². The standard InChI is InChI=1S/C12H24N2O2/c1-13-5-2-3-10-7-14(6-4-12(10)13)8-11(16)9-15/h10-12,15-16H,2-9H2,1H3. The highest BCUT2D eigenvalue weighted by molar-refractivity contribution is 4.89. The van der Waals surface area contributed by atoms with Gasteiger partial charge in [-0.2, -0.15) is 0 Å². The molecule has 0 aromatic rings. The van der Waals surface area contributed by atoms with Gasteiger partial charge in [0.25, 0.3) is 0 Å². The number of piperidine rings is 2. The fourth-order valence-electron chi connectivity index (χ4n) is 3.25. The number of aliphatic hydroxyl groups is 2. The van der Waals surface area contributed by atoms with E-state index in [0.717, 1.165) is 25.0 Å². The monoisotopic (exact) mass is 228 g/mol. The number of β-amino-alcohol motifs (C(OH)–C–C–N with tert-alkyl or cyclic N) is 1. The lowest BCUT2D eigenvalue weighted by Gasteiger charge is -2.46. The van der Waals surface area contributed by atoms with Crippen LogP contribution in [0.25, 0.3) is 0 Å². The van der Waals surface area contributed by atoms with Crippen molar-refractivity contribution in [2.24, 2.45) is 5.92 Å². The fourth-order valence-corrected chi connectivity index (χ4v) is 3.25. The van der Waals surface area contributed by atoms with Crippen molar-refractivity contribution in [2.75, 3.05) is 39.8 Å². The first-order chi connectivity index (χ1) is 7.70. The maximum Gasteiger partial charge on any atom is 0.0897 e. The summed E-state index contributed by atoms with van der Waals surface area (Å²) in [7, 11) is 2.23. The summed E-state index contributed by atoms with van der Waals surface area (Å²) >= 11 is 0. The third-order valence-electron chi connectivity index (χ3n) is 4.11. The summed E-state index contributed by atoms with van der Waals surface area (Å²) in [5, 5.41) is 18.3. The molecule has 16 heavy (non-hydrogen) atoms. The molecule has 3 unspecified atom stereocenters. The quantitative estimate of drug-likeness (QED) is 0.700. The lowest BCUT2D eigenvalue weighted by atomic mass is 9.84. The van der Waals surface area contributed by atoms with Crippen molar-refractivity contribution in [3.05, 3.63) is 0 Å². The van der Waals surface area contributed by atoms with Gasteiger partial charge in [-0.15, -0.1) is 0 Å². The maximum absolute atomic E-state index is 9.46. The van der Waals surface area contributed by atoms with E-state index in [-0.39, 0.29) is 6.61 Å². The molecular weight excluding hydrogens is 204 g/mol. The van der Waals surface area contributed by atoms with Gasteiger partial charge < -0.3 is 20.0 Å². The molecule has 0 aromatic heterocycles. The zero-order valence-corrected chi connectivity index (χ0v) is 10.2. The van der Waals surface area contributed by atoms with E-state index in [1.807, 2.05) is 0 Å². The molecular formula is C12H24N2O2. The van der Waals surface area contributed by atoms with Crippen LogP contribution in [-0.4, -0.2) is 72.0 Å². The molecule has 0 radical (unpaired) electrons. The molecule has 0 aliphatic carbocycles. The van der Waals surface area contributed by atoms with E-state index in [2.05, 4.69) is 16.8 Å². The Morgan fingerprint density at radius 2 is 2.12 bits per heavy atom. The SMILES string of the molecule is CN1CCCC2CN(CC(O)CO)CCC21. The van der Waals surface area contributed by atoms with Crippen LogP contribution in [0.2, 0.25) is 0 Å². The van der Waals surface area contributed by atoms with Gasteiger partial charge in [-0.25, -0.2) is 0 Å². The Bertz CT molecular complexity index is 225. The third kappa shape index (κ3) is 2.74. The molecule has 0 spiro atoms. The second kappa shape index (κ2) is 5.45. The number of likely N-dealkylation sites (tertiary alicyclic amines) is 2. The molecule has 4 heteroatoms. The van der Waals surface area contributed by atoms with Crippen molar-refractivity contribution in [3.63, 3.8) is 0 Å². The minimum absolute atomic E-state index is 0.121. The van der Waals surface area contributed by atoms with E-state index in [1.54, 1.807) is 0 Å². The Balaban J connectivity index is 1.85. The number of nitrogens with zero attached hydrogens (tertiary/aromatic N) is 2. The summed E-state index contributed by atoms with van der Waals surface area (Å²) in [6, 6.07) is 0.747. The molecule has 94 valence electrons. The van der Waals surface area contributed by atoms with Crippen LogP contribution < -0.4 is 0 Å². The highest BCUT2D eigenvalue weighted by atomic mass is 16.3. The number of hydrogen-bond donors (Lipinski definition) is 2. The molecule has 2 aliphatic rings. The van der Waals surface area contributed by atoms with E-state index in [0.29, 0.717) is 6.54 Å². The minimum Gasteiger partial charge on any atom is -0.394 e. The molecule has 0 aromatic carbocycles. The Morgan fingerprint density at radius 3 is 2.88 bits per heavy atom. The van der Waals surface area contributed by atoms with E-state index in [4.69, 9.17) is 5.11 Å². The summed E-state index contributed by atoms with van der Waals surface area (Å²) in [5.74, 6) is 0.762. The molecule has 4 nitrogen and oxygen atoms in total. The van der Waals surface area contributed by atoms with Crippen molar-refractivity contribution in [3.8, 4) is 0 Å². The van der Waals surface area contributed by atoms with Crippen LogP contribution in [0.15, 0.2) is 0 Å². The first-order valence-corrected chi connectivity index (χ1v) is 6.42. The molecule has 2 aliphatic heterocycles. The minimum atomic E-state index is -0.571. The summed E-state index contributed by atoms with van der Waals surface area (Å²) in [6.07, 6.45) is 3.26. The number of aliphatic hydroxyl groups excluding tert-OH is 2. The average Bonchev–Trinajstić information content (AvgIpc) is 2.29. The van der Waals surface area contributed by atoms with Crippen LogP contribution in [0.3, 0.4) is 0 Å². The van der Waals surface area contributed by atoms with Crippen LogP contribution in [0.1, 0.15) is 19.3 Å². The lowest BCUT2D eigenvalue weighted by Crippen LogP contribution is -2.53. The Kier molecular flexibility index (Phi) is 4.19. The summed E-state index contributed by atoms with van der Waals surface area (Å²) in [4.78, 5) is 4.80. The first-order valence-electron chi connectivity index (χ1n) is 6.42. The fraction of sp³-hybridized carbons (Fsp3) is 1.00. The molecule has 2 rings (SSSR count). The second-order valence-electron chi connectivity index (χ2n) is 5.33. The number of rotatable bonds is 3. The Hall–Kier alpha value is -0.160. The van der Waals surface area contributed by atoms with Crippen LogP contribution in [0.5, 0.6) is 0 Å². The largest absolute Gasteiger partial charge is 0.394 e. The number of hydrogen-bond acceptors (Lipinski definition) is 4. The predicted molar refractivity (Wildman–Crippen MR) is 63.3 cm³/mol. The third-order valence-corrected chi connectivity index (χ3v) is 4.11. The lowest BCUT2D eigenvalue weighted by molar-refractivity contribution is 0.00503. The highest BCUT2D eigenvalue weighted by Gasteiger charge is 2.34. The smallest absolute Gasteiger partial charge is 0.0897 e. The molecule has 2 heterocycles. The zero-order valence-electron chi connectivity index (χ0n) is 10.2. The van der Waals surface area contributed by atoms with Gasteiger partial charge >= 0.3 is 0 Å².